The van der Waals surface area contributed by atoms with Gasteiger partial charge in [-0.15, -0.1) is 0 Å². The third-order valence-electron chi connectivity index (χ3n) is 6.82. The summed E-state index contributed by atoms with van der Waals surface area (Å²) in [5.74, 6) is -2.78. The van der Waals surface area contributed by atoms with Crippen LogP contribution in [0, 0.1) is 11.8 Å². The Balaban J connectivity index is 1.29. The number of carbonyl (C=O) groups is 3. The summed E-state index contributed by atoms with van der Waals surface area (Å²) in [6.07, 6.45) is 1.66. The molecule has 0 radical (unpaired) electrons. The van der Waals surface area contributed by atoms with Gasteiger partial charge in [0.15, 0.2) is 5.78 Å². The minimum absolute atomic E-state index is 0.00140. The average molecular weight is 528 g/mol. The van der Waals surface area contributed by atoms with Crippen LogP contribution < -0.4 is 16.0 Å². The summed E-state index contributed by atoms with van der Waals surface area (Å²) < 4.78 is 0. The quantitative estimate of drug-likeness (QED) is 0.325. The van der Waals surface area contributed by atoms with Gasteiger partial charge in [-0.3, -0.25) is 14.4 Å². The van der Waals surface area contributed by atoms with E-state index in [2.05, 4.69) is 31.9 Å². The molecule has 1 aliphatic heterocycles. The lowest BCUT2D eigenvalue weighted by Crippen LogP contribution is -2.62. The molecule has 2 aliphatic rings. The number of ketones is 1. The maximum Gasteiger partial charge on any atom is 0.315 e. The van der Waals surface area contributed by atoms with Crippen molar-refractivity contribution in [3.05, 3.63) is 60.2 Å². The van der Waals surface area contributed by atoms with E-state index in [9.17, 15) is 19.5 Å². The minimum Gasteiger partial charge on any atom is -0.481 e. The van der Waals surface area contributed by atoms with E-state index in [-0.39, 0.29) is 47.1 Å². The number of hydrogen-bond donors (Lipinski definition) is 4. The third kappa shape index (κ3) is 5.40. The summed E-state index contributed by atoms with van der Waals surface area (Å²) in [6, 6.07) is 17.5. The van der Waals surface area contributed by atoms with E-state index < -0.39 is 11.9 Å². The number of fused-ring (bicyclic) bond motifs is 1. The Hall–Kier alpha value is -2.55. The Kier molecular flexibility index (Phi) is 7.80. The molecule has 5 unspecified atom stereocenters. The van der Waals surface area contributed by atoms with Crippen LogP contribution in [0.15, 0.2) is 54.6 Å². The normalized spacial score (nSPS) is 27.5. The highest BCUT2D eigenvalue weighted by Gasteiger charge is 2.48. The summed E-state index contributed by atoms with van der Waals surface area (Å²) >= 11 is 3.67. The van der Waals surface area contributed by atoms with Gasteiger partial charge in [0.2, 0.25) is 0 Å². The second-order valence-electron chi connectivity index (χ2n) is 9.19. The Labute approximate surface area is 207 Å². The van der Waals surface area contributed by atoms with Crippen molar-refractivity contribution in [1.82, 2.24) is 16.0 Å². The van der Waals surface area contributed by atoms with Gasteiger partial charge in [-0.2, -0.15) is 0 Å². The van der Waals surface area contributed by atoms with Crippen LogP contribution in [0.1, 0.15) is 30.1 Å². The highest BCUT2D eigenvalue weighted by atomic mass is 79.9. The van der Waals surface area contributed by atoms with Gasteiger partial charge >= 0.3 is 5.97 Å². The molecule has 0 spiro atoms. The molecular formula is C26H30BrN3O4. The molecule has 4 rings (SSSR count). The first-order valence-electron chi connectivity index (χ1n) is 11.7. The van der Waals surface area contributed by atoms with E-state index in [1.54, 1.807) is 0 Å². The molecule has 1 aliphatic carbocycles. The molecule has 0 bridgehead atoms. The number of carboxylic acids is 1. The molecule has 180 valence electrons. The maximum atomic E-state index is 12.8. The fraction of sp³-hybridized carbons (Fsp3) is 0.423. The summed E-state index contributed by atoms with van der Waals surface area (Å²) in [6.45, 7) is 2.68. The highest BCUT2D eigenvalue weighted by molar-refractivity contribution is 9.09. The zero-order valence-electron chi connectivity index (χ0n) is 19.0. The van der Waals surface area contributed by atoms with Crippen molar-refractivity contribution in [2.45, 2.75) is 42.7 Å². The molecule has 1 amide bonds. The van der Waals surface area contributed by atoms with Gasteiger partial charge in [-0.05, 0) is 43.0 Å². The van der Waals surface area contributed by atoms with Crippen LogP contribution in [0.3, 0.4) is 0 Å². The van der Waals surface area contributed by atoms with Gasteiger partial charge in [0, 0.05) is 47.5 Å². The predicted octanol–water partition coefficient (Wildman–Crippen LogP) is 2.85. The number of amides is 1. The largest absolute Gasteiger partial charge is 0.481 e. The van der Waals surface area contributed by atoms with E-state index in [0.29, 0.717) is 12.1 Å². The lowest BCUT2D eigenvalue weighted by atomic mass is 9.73. The zero-order valence-corrected chi connectivity index (χ0v) is 20.6. The van der Waals surface area contributed by atoms with Crippen molar-refractivity contribution >= 4 is 33.6 Å². The van der Waals surface area contributed by atoms with E-state index in [4.69, 9.17) is 0 Å². The first-order valence-corrected chi connectivity index (χ1v) is 12.6. The maximum absolute atomic E-state index is 12.8. The van der Waals surface area contributed by atoms with Crippen molar-refractivity contribution in [3.63, 3.8) is 0 Å². The smallest absolute Gasteiger partial charge is 0.315 e. The van der Waals surface area contributed by atoms with Crippen LogP contribution in [0.2, 0.25) is 0 Å². The molecule has 7 nitrogen and oxygen atoms in total. The van der Waals surface area contributed by atoms with Gasteiger partial charge in [-0.1, -0.05) is 58.4 Å². The molecule has 1 saturated heterocycles. The highest BCUT2D eigenvalue weighted by Crippen LogP contribution is 2.35. The predicted molar refractivity (Wildman–Crippen MR) is 134 cm³/mol. The van der Waals surface area contributed by atoms with Crippen LogP contribution in [0.25, 0.3) is 11.1 Å². The molecule has 0 aromatic heterocycles. The lowest BCUT2D eigenvalue weighted by Gasteiger charge is -2.44. The number of nitrogens with one attached hydrogen (secondary N) is 3. The Morgan fingerprint density at radius 2 is 1.76 bits per heavy atom. The monoisotopic (exact) mass is 527 g/mol. The molecule has 6 atom stereocenters. The SMILES string of the molecule is C[C@@H](CNC1CCC2NCC(C(=O)O)C(=O)C2C1Br)NC(=O)c1ccc(-c2ccccc2)cc1. The van der Waals surface area contributed by atoms with E-state index in [1.807, 2.05) is 61.5 Å². The summed E-state index contributed by atoms with van der Waals surface area (Å²) in [5.41, 5.74) is 2.76. The molecular weight excluding hydrogens is 498 g/mol. The number of hydrogen-bond acceptors (Lipinski definition) is 5. The number of Topliss-reactive ketones (excluding diaryl/α,β-unsaturated/α-hetero) is 1. The van der Waals surface area contributed by atoms with Crippen LogP contribution in [-0.4, -0.2) is 58.8 Å². The molecule has 8 heteroatoms. The first-order chi connectivity index (χ1) is 16.3. The van der Waals surface area contributed by atoms with Crippen molar-refractivity contribution in [2.24, 2.45) is 11.8 Å². The van der Waals surface area contributed by atoms with Gasteiger partial charge < -0.3 is 21.1 Å². The number of carbonyl (C=O) groups excluding carboxylic acids is 2. The summed E-state index contributed by atoms with van der Waals surface area (Å²) in [5, 5.41) is 19.1. The second kappa shape index (κ2) is 10.8. The van der Waals surface area contributed by atoms with E-state index in [0.717, 1.165) is 24.0 Å². The van der Waals surface area contributed by atoms with Gasteiger partial charge in [0.05, 0.1) is 0 Å². The number of benzene rings is 2. The second-order valence-corrected chi connectivity index (χ2v) is 10.2. The number of halogens is 1. The molecule has 2 aromatic carbocycles. The zero-order chi connectivity index (χ0) is 24.2. The van der Waals surface area contributed by atoms with Gasteiger partial charge in [0.1, 0.15) is 5.92 Å². The average Bonchev–Trinajstić information content (AvgIpc) is 2.84. The summed E-state index contributed by atoms with van der Waals surface area (Å²) in [4.78, 5) is 36.7. The standard InChI is InChI=1S/C26H30BrN3O4/c1-15(30-25(32)18-9-7-17(8-10-18)16-5-3-2-4-6-16)13-28-21-12-11-20-22(23(21)27)24(31)19(14-29-20)26(33)34/h2-10,15,19-23,28-29H,11-14H2,1H3,(H,30,32)(H,33,34)/t15-,19?,20?,21?,22?,23?/m0/s1. The van der Waals surface area contributed by atoms with Crippen LogP contribution in [0.5, 0.6) is 0 Å². The number of carboxylic acid groups (broad SMARTS) is 1. The number of piperidine rings is 1. The fourth-order valence-corrected chi connectivity index (χ4v) is 5.99. The number of alkyl halides is 1. The molecule has 2 fully saturated rings. The molecule has 1 saturated carbocycles. The van der Waals surface area contributed by atoms with Crippen LogP contribution in [0.4, 0.5) is 0 Å². The number of rotatable bonds is 7. The van der Waals surface area contributed by atoms with Crippen molar-refractivity contribution in [2.75, 3.05) is 13.1 Å². The Morgan fingerprint density at radius 1 is 1.09 bits per heavy atom. The van der Waals surface area contributed by atoms with Gasteiger partial charge in [0.25, 0.3) is 5.91 Å². The van der Waals surface area contributed by atoms with E-state index >= 15 is 0 Å². The Bertz CT molecular complexity index is 1030. The molecule has 34 heavy (non-hydrogen) atoms. The van der Waals surface area contributed by atoms with Crippen molar-refractivity contribution in [3.8, 4) is 11.1 Å². The number of aliphatic carboxylic acids is 1. The summed E-state index contributed by atoms with van der Waals surface area (Å²) in [7, 11) is 0. The first kappa shape index (κ1) is 24.6. The van der Waals surface area contributed by atoms with Crippen molar-refractivity contribution < 1.29 is 19.5 Å². The Morgan fingerprint density at radius 3 is 2.44 bits per heavy atom. The van der Waals surface area contributed by atoms with Crippen LogP contribution in [-0.2, 0) is 9.59 Å². The minimum atomic E-state index is -1.07. The van der Waals surface area contributed by atoms with E-state index in [1.165, 1.54) is 0 Å². The van der Waals surface area contributed by atoms with Gasteiger partial charge in [-0.25, -0.2) is 0 Å². The van der Waals surface area contributed by atoms with Crippen molar-refractivity contribution in [1.29, 1.82) is 0 Å². The molecule has 1 heterocycles. The molecule has 2 aromatic rings. The lowest BCUT2D eigenvalue weighted by molar-refractivity contribution is -0.149. The van der Waals surface area contributed by atoms with Crippen LogP contribution >= 0.6 is 15.9 Å². The third-order valence-corrected chi connectivity index (χ3v) is 8.03. The molecule has 4 N–H and O–H groups in total. The topological polar surface area (TPSA) is 108 Å². The fourth-order valence-electron chi connectivity index (χ4n) is 4.91.